The van der Waals surface area contributed by atoms with Crippen LogP contribution in [-0.4, -0.2) is 30.2 Å². The third-order valence-electron chi connectivity index (χ3n) is 4.78. The summed E-state index contributed by atoms with van der Waals surface area (Å²) in [5.41, 5.74) is 0.802. The second-order valence-electron chi connectivity index (χ2n) is 6.81. The first-order chi connectivity index (χ1) is 15.3. The smallest absolute Gasteiger partial charge is 0.338 e. The van der Waals surface area contributed by atoms with Crippen LogP contribution in [0.3, 0.4) is 0 Å². The molecular formula is C23H12Cl3NO5. The number of hydrogen-bond acceptors (Lipinski definition) is 5. The van der Waals surface area contributed by atoms with E-state index in [0.717, 1.165) is 4.90 Å². The summed E-state index contributed by atoms with van der Waals surface area (Å²) >= 11 is 17.7. The third kappa shape index (κ3) is 4.12. The number of nitrogens with zero attached hydrogens (tertiary/aromatic N) is 1. The SMILES string of the molecule is O=C(COC(=O)c1ccc2c(c1)C(=O)N(c1ccc(Cl)c(Cl)c1)C2=O)c1ccc(Cl)cc1. The molecular weight excluding hydrogens is 477 g/mol. The van der Waals surface area contributed by atoms with Gasteiger partial charge in [0.25, 0.3) is 11.8 Å². The fraction of sp³-hybridized carbons (Fsp3) is 0.0435. The molecule has 0 aromatic heterocycles. The summed E-state index contributed by atoms with van der Waals surface area (Å²) in [6.45, 7) is -0.486. The Kier molecular flexibility index (Phi) is 6.02. The molecule has 3 aromatic carbocycles. The first kappa shape index (κ1) is 22.0. The van der Waals surface area contributed by atoms with E-state index in [1.54, 1.807) is 12.1 Å². The van der Waals surface area contributed by atoms with Crippen molar-refractivity contribution >= 4 is 64.1 Å². The van der Waals surface area contributed by atoms with Crippen LogP contribution in [-0.2, 0) is 4.74 Å². The number of ketones is 1. The Labute approximate surface area is 197 Å². The zero-order chi connectivity index (χ0) is 23.0. The minimum absolute atomic E-state index is 0.0322. The number of ether oxygens (including phenoxy) is 1. The number of anilines is 1. The highest BCUT2D eigenvalue weighted by Gasteiger charge is 2.37. The molecule has 0 saturated heterocycles. The Balaban J connectivity index is 1.51. The first-order valence-electron chi connectivity index (χ1n) is 9.20. The molecule has 0 spiro atoms. The number of benzene rings is 3. The monoisotopic (exact) mass is 487 g/mol. The van der Waals surface area contributed by atoms with Gasteiger partial charge in [-0.05, 0) is 60.7 Å². The minimum atomic E-state index is -0.802. The Morgan fingerprint density at radius 3 is 2.09 bits per heavy atom. The van der Waals surface area contributed by atoms with Gasteiger partial charge in [-0.15, -0.1) is 0 Å². The van der Waals surface area contributed by atoms with E-state index in [9.17, 15) is 19.2 Å². The number of amides is 2. The Bertz CT molecular complexity index is 1290. The maximum Gasteiger partial charge on any atom is 0.338 e. The van der Waals surface area contributed by atoms with Gasteiger partial charge in [0.2, 0.25) is 0 Å². The van der Waals surface area contributed by atoms with Gasteiger partial charge in [0.15, 0.2) is 12.4 Å². The van der Waals surface area contributed by atoms with E-state index in [1.165, 1.54) is 48.5 Å². The molecule has 0 bridgehead atoms. The van der Waals surface area contributed by atoms with Gasteiger partial charge >= 0.3 is 5.97 Å². The van der Waals surface area contributed by atoms with Crippen LogP contribution in [0, 0.1) is 0 Å². The highest BCUT2D eigenvalue weighted by molar-refractivity contribution is 6.42. The van der Waals surface area contributed by atoms with Crippen LogP contribution in [0.5, 0.6) is 0 Å². The van der Waals surface area contributed by atoms with Gasteiger partial charge in [-0.2, -0.15) is 0 Å². The van der Waals surface area contributed by atoms with Crippen LogP contribution in [0.15, 0.2) is 60.7 Å². The van der Waals surface area contributed by atoms with Gasteiger partial charge in [0.1, 0.15) is 0 Å². The molecule has 1 heterocycles. The average Bonchev–Trinajstić information content (AvgIpc) is 3.04. The van der Waals surface area contributed by atoms with Crippen LogP contribution < -0.4 is 4.90 Å². The standard InChI is InChI=1S/C23H12Cl3NO5/c24-14-4-1-12(2-5-14)20(28)11-32-23(31)13-3-7-16-17(9-13)22(30)27(21(16)29)15-6-8-18(25)19(26)10-15/h1-10H,11H2. The number of hydrogen-bond donors (Lipinski definition) is 0. The fourth-order valence-corrected chi connectivity index (χ4v) is 3.58. The van der Waals surface area contributed by atoms with Gasteiger partial charge in [0.05, 0.1) is 32.4 Å². The number of esters is 1. The molecule has 1 aliphatic heterocycles. The zero-order valence-electron chi connectivity index (χ0n) is 16.1. The van der Waals surface area contributed by atoms with Crippen molar-refractivity contribution in [2.24, 2.45) is 0 Å². The molecule has 0 N–H and O–H groups in total. The van der Waals surface area contributed by atoms with E-state index in [1.807, 2.05) is 0 Å². The van der Waals surface area contributed by atoms with Crippen LogP contribution in [0.2, 0.25) is 15.1 Å². The van der Waals surface area contributed by atoms with Crippen molar-refractivity contribution in [1.29, 1.82) is 0 Å². The lowest BCUT2D eigenvalue weighted by molar-refractivity contribution is 0.0474. The van der Waals surface area contributed by atoms with E-state index in [0.29, 0.717) is 10.6 Å². The molecule has 0 atom stereocenters. The number of carbonyl (C=O) groups is 4. The molecule has 0 unspecified atom stereocenters. The maximum atomic E-state index is 12.9. The van der Waals surface area contributed by atoms with Gasteiger partial charge < -0.3 is 4.74 Å². The second kappa shape index (κ2) is 8.74. The summed E-state index contributed by atoms with van der Waals surface area (Å²) in [6, 6.07) is 14.5. The lowest BCUT2D eigenvalue weighted by atomic mass is 10.1. The average molecular weight is 489 g/mol. The summed E-state index contributed by atoms with van der Waals surface area (Å²) < 4.78 is 5.07. The minimum Gasteiger partial charge on any atom is -0.454 e. The van der Waals surface area contributed by atoms with Crippen molar-refractivity contribution in [1.82, 2.24) is 0 Å². The molecule has 3 aromatic rings. The quantitative estimate of drug-likeness (QED) is 0.270. The van der Waals surface area contributed by atoms with E-state index in [-0.39, 0.29) is 32.4 Å². The number of carbonyl (C=O) groups excluding carboxylic acids is 4. The van der Waals surface area contributed by atoms with Crippen molar-refractivity contribution < 1.29 is 23.9 Å². The lowest BCUT2D eigenvalue weighted by Crippen LogP contribution is -2.29. The third-order valence-corrected chi connectivity index (χ3v) is 5.78. The van der Waals surface area contributed by atoms with Gasteiger partial charge in [-0.3, -0.25) is 14.4 Å². The van der Waals surface area contributed by atoms with E-state index in [4.69, 9.17) is 39.5 Å². The van der Waals surface area contributed by atoms with Crippen LogP contribution >= 0.6 is 34.8 Å². The van der Waals surface area contributed by atoms with Crippen molar-refractivity contribution in [3.8, 4) is 0 Å². The molecule has 6 nitrogen and oxygen atoms in total. The Hall–Kier alpha value is -3.19. The van der Waals surface area contributed by atoms with Crippen molar-refractivity contribution in [3.63, 3.8) is 0 Å². The summed E-state index contributed by atoms with van der Waals surface area (Å²) in [5.74, 6) is -2.38. The predicted octanol–water partition coefficient (Wildman–Crippen LogP) is 5.49. The number of fused-ring (bicyclic) bond motifs is 1. The summed E-state index contributed by atoms with van der Waals surface area (Å²) in [7, 11) is 0. The van der Waals surface area contributed by atoms with Crippen molar-refractivity contribution in [3.05, 3.63) is 98.0 Å². The molecule has 32 heavy (non-hydrogen) atoms. The zero-order valence-corrected chi connectivity index (χ0v) is 18.4. The highest BCUT2D eigenvalue weighted by atomic mass is 35.5. The van der Waals surface area contributed by atoms with E-state index < -0.39 is 30.2 Å². The highest BCUT2D eigenvalue weighted by Crippen LogP contribution is 2.33. The van der Waals surface area contributed by atoms with Crippen molar-refractivity contribution in [2.45, 2.75) is 0 Å². The summed E-state index contributed by atoms with van der Waals surface area (Å²) in [5, 5.41) is 0.950. The van der Waals surface area contributed by atoms with Gasteiger partial charge in [-0.1, -0.05) is 34.8 Å². The molecule has 9 heteroatoms. The summed E-state index contributed by atoms with van der Waals surface area (Å²) in [6.07, 6.45) is 0. The van der Waals surface area contributed by atoms with Gasteiger partial charge in [0, 0.05) is 10.6 Å². The molecule has 160 valence electrons. The molecule has 0 fully saturated rings. The Morgan fingerprint density at radius 1 is 0.750 bits per heavy atom. The molecule has 0 radical (unpaired) electrons. The van der Waals surface area contributed by atoms with Crippen LogP contribution in [0.1, 0.15) is 41.4 Å². The predicted molar refractivity (Wildman–Crippen MR) is 120 cm³/mol. The fourth-order valence-electron chi connectivity index (χ4n) is 3.16. The number of rotatable bonds is 5. The molecule has 0 saturated carbocycles. The second-order valence-corrected chi connectivity index (χ2v) is 8.06. The van der Waals surface area contributed by atoms with Crippen LogP contribution in [0.4, 0.5) is 5.69 Å². The summed E-state index contributed by atoms with van der Waals surface area (Å²) in [4.78, 5) is 51.2. The number of Topliss-reactive ketones (excluding diaryl/α,β-unsaturated/α-hetero) is 1. The molecule has 4 rings (SSSR count). The van der Waals surface area contributed by atoms with Crippen LogP contribution in [0.25, 0.3) is 0 Å². The topological polar surface area (TPSA) is 80.8 Å². The molecule has 2 amide bonds. The van der Waals surface area contributed by atoms with E-state index >= 15 is 0 Å². The van der Waals surface area contributed by atoms with Gasteiger partial charge in [-0.25, -0.2) is 9.69 Å². The number of imide groups is 1. The normalized spacial score (nSPS) is 12.7. The van der Waals surface area contributed by atoms with E-state index in [2.05, 4.69) is 0 Å². The number of halogens is 3. The maximum absolute atomic E-state index is 12.9. The Morgan fingerprint density at radius 2 is 1.41 bits per heavy atom. The molecule has 0 aliphatic carbocycles. The molecule has 1 aliphatic rings. The van der Waals surface area contributed by atoms with Crippen molar-refractivity contribution in [2.75, 3.05) is 11.5 Å². The largest absolute Gasteiger partial charge is 0.454 e. The lowest BCUT2D eigenvalue weighted by Gasteiger charge is -2.14. The first-order valence-corrected chi connectivity index (χ1v) is 10.3.